The molecule has 0 unspecified atom stereocenters. The van der Waals surface area contributed by atoms with E-state index in [-0.39, 0.29) is 5.91 Å². The van der Waals surface area contributed by atoms with Gasteiger partial charge < -0.3 is 5.32 Å². The lowest BCUT2D eigenvalue weighted by atomic mass is 10.2. The number of hydrogen-bond acceptors (Lipinski definition) is 4. The maximum atomic E-state index is 12.4. The Kier molecular flexibility index (Phi) is 4.49. The van der Waals surface area contributed by atoms with Crippen molar-refractivity contribution in [2.75, 3.05) is 16.3 Å². The van der Waals surface area contributed by atoms with Gasteiger partial charge in [-0.3, -0.25) is 9.52 Å². The minimum absolute atomic E-state index is 0.301. The summed E-state index contributed by atoms with van der Waals surface area (Å²) in [5.74, 6) is -0.301. The summed E-state index contributed by atoms with van der Waals surface area (Å²) in [7, 11) is -3.33. The second-order valence-corrected chi connectivity index (χ2v) is 8.33. The van der Waals surface area contributed by atoms with Crippen molar-refractivity contribution in [2.24, 2.45) is 0 Å². The zero-order valence-electron chi connectivity index (χ0n) is 12.5. The Balaban J connectivity index is 1.80. The molecule has 2 aromatic carbocycles. The maximum absolute atomic E-state index is 12.4. The monoisotopic (exact) mass is 380 g/mol. The number of hydrogen-bond donors (Lipinski definition) is 2. The molecule has 0 aliphatic rings. The van der Waals surface area contributed by atoms with E-state index in [1.54, 1.807) is 24.3 Å². The molecule has 1 amide bonds. The van der Waals surface area contributed by atoms with E-state index in [2.05, 4.69) is 10.0 Å². The van der Waals surface area contributed by atoms with Crippen LogP contribution in [0.3, 0.4) is 0 Å². The van der Waals surface area contributed by atoms with Crippen LogP contribution in [0.1, 0.15) is 9.67 Å². The number of anilines is 2. The van der Waals surface area contributed by atoms with Crippen molar-refractivity contribution >= 4 is 60.3 Å². The molecule has 0 spiro atoms. The number of carbonyl (C=O) groups excluding carboxylic acids is 1. The van der Waals surface area contributed by atoms with E-state index in [1.807, 2.05) is 24.3 Å². The molecule has 0 fully saturated rings. The highest BCUT2D eigenvalue weighted by atomic mass is 35.5. The first-order valence-electron chi connectivity index (χ1n) is 6.90. The molecule has 3 aromatic rings. The van der Waals surface area contributed by atoms with Crippen LogP contribution in [-0.4, -0.2) is 20.6 Å². The lowest BCUT2D eigenvalue weighted by molar-refractivity contribution is 0.103. The number of amides is 1. The zero-order chi connectivity index (χ0) is 17.3. The summed E-state index contributed by atoms with van der Waals surface area (Å²) < 4.78 is 25.7. The van der Waals surface area contributed by atoms with Crippen LogP contribution in [0.4, 0.5) is 11.4 Å². The van der Waals surface area contributed by atoms with E-state index in [1.165, 1.54) is 11.3 Å². The smallest absolute Gasteiger partial charge is 0.267 e. The van der Waals surface area contributed by atoms with Gasteiger partial charge in [-0.1, -0.05) is 29.8 Å². The number of sulfonamides is 1. The van der Waals surface area contributed by atoms with Gasteiger partial charge in [-0.25, -0.2) is 8.42 Å². The average molecular weight is 381 g/mol. The predicted molar refractivity (Wildman–Crippen MR) is 99.7 cm³/mol. The summed E-state index contributed by atoms with van der Waals surface area (Å²) >= 11 is 7.62. The molecule has 8 heteroatoms. The molecule has 0 atom stereocenters. The first-order valence-corrected chi connectivity index (χ1v) is 9.98. The number of thiophene rings is 1. The summed E-state index contributed by atoms with van der Waals surface area (Å²) in [6, 6.07) is 13.9. The fourth-order valence-electron chi connectivity index (χ4n) is 2.18. The third-order valence-electron chi connectivity index (χ3n) is 3.19. The molecule has 24 heavy (non-hydrogen) atoms. The molecule has 3 rings (SSSR count). The minimum atomic E-state index is -3.33. The van der Waals surface area contributed by atoms with Gasteiger partial charge in [0.1, 0.15) is 4.88 Å². The molecular weight excluding hydrogens is 368 g/mol. The number of nitrogens with one attached hydrogen (secondary N) is 2. The lowest BCUT2D eigenvalue weighted by Gasteiger charge is -2.07. The Morgan fingerprint density at radius 2 is 1.67 bits per heavy atom. The van der Waals surface area contributed by atoms with Gasteiger partial charge in [0, 0.05) is 21.5 Å². The van der Waals surface area contributed by atoms with Crippen molar-refractivity contribution in [1.82, 2.24) is 0 Å². The van der Waals surface area contributed by atoms with Gasteiger partial charge in [-0.2, -0.15) is 0 Å². The van der Waals surface area contributed by atoms with Gasteiger partial charge in [0.2, 0.25) is 10.0 Å². The molecule has 5 nitrogen and oxygen atoms in total. The molecule has 1 heterocycles. The Labute approximate surface area is 148 Å². The van der Waals surface area contributed by atoms with Crippen LogP contribution in [0.25, 0.3) is 10.1 Å². The Morgan fingerprint density at radius 3 is 2.29 bits per heavy atom. The van der Waals surface area contributed by atoms with Gasteiger partial charge in [0.05, 0.1) is 11.3 Å². The van der Waals surface area contributed by atoms with Gasteiger partial charge in [0.15, 0.2) is 0 Å². The van der Waals surface area contributed by atoms with Crippen LogP contribution in [0.2, 0.25) is 5.02 Å². The number of halogens is 1. The normalized spacial score (nSPS) is 11.4. The van der Waals surface area contributed by atoms with Crippen molar-refractivity contribution in [1.29, 1.82) is 0 Å². The molecule has 0 radical (unpaired) electrons. The van der Waals surface area contributed by atoms with E-state index >= 15 is 0 Å². The number of benzene rings is 2. The van der Waals surface area contributed by atoms with Crippen LogP contribution in [-0.2, 0) is 10.0 Å². The van der Waals surface area contributed by atoms with Gasteiger partial charge in [-0.05, 0) is 30.3 Å². The fraction of sp³-hybridized carbons (Fsp3) is 0.0625. The van der Waals surface area contributed by atoms with E-state index in [0.29, 0.717) is 21.3 Å². The SMILES string of the molecule is CS(=O)(=O)Nc1ccc(NC(=O)c2sc3ccccc3c2Cl)cc1. The molecule has 2 N–H and O–H groups in total. The van der Waals surface area contributed by atoms with E-state index < -0.39 is 10.0 Å². The summed E-state index contributed by atoms with van der Waals surface area (Å²) in [5.41, 5.74) is 0.975. The third kappa shape index (κ3) is 3.69. The van der Waals surface area contributed by atoms with Crippen molar-refractivity contribution in [3.8, 4) is 0 Å². The van der Waals surface area contributed by atoms with Crippen molar-refractivity contribution in [3.63, 3.8) is 0 Å². The molecule has 0 aliphatic carbocycles. The van der Waals surface area contributed by atoms with Crippen molar-refractivity contribution in [3.05, 3.63) is 58.4 Å². The Hall–Kier alpha value is -2.09. The third-order valence-corrected chi connectivity index (χ3v) is 5.47. The second-order valence-electron chi connectivity index (χ2n) is 5.15. The standard InChI is InChI=1S/C16H13ClN2O3S2/c1-24(21,22)19-11-8-6-10(7-9-11)18-16(20)15-14(17)12-4-2-3-5-13(12)23-15/h2-9,19H,1H3,(H,18,20). The van der Waals surface area contributed by atoms with Crippen LogP contribution < -0.4 is 10.0 Å². The summed E-state index contributed by atoms with van der Waals surface area (Å²) in [6.07, 6.45) is 1.08. The molecule has 0 saturated carbocycles. The van der Waals surface area contributed by atoms with E-state index in [9.17, 15) is 13.2 Å². The zero-order valence-corrected chi connectivity index (χ0v) is 14.9. The maximum Gasteiger partial charge on any atom is 0.267 e. The predicted octanol–water partition coefficient (Wildman–Crippen LogP) is 4.18. The number of rotatable bonds is 4. The Bertz CT molecular complexity index is 1010. The number of carbonyl (C=O) groups is 1. The van der Waals surface area contributed by atoms with Gasteiger partial charge in [-0.15, -0.1) is 11.3 Å². The van der Waals surface area contributed by atoms with Crippen LogP contribution in [0.5, 0.6) is 0 Å². The minimum Gasteiger partial charge on any atom is -0.321 e. The highest BCUT2D eigenvalue weighted by Gasteiger charge is 2.17. The quantitative estimate of drug-likeness (QED) is 0.713. The number of fused-ring (bicyclic) bond motifs is 1. The molecule has 0 saturated heterocycles. The van der Waals surface area contributed by atoms with Gasteiger partial charge in [0.25, 0.3) is 5.91 Å². The molecule has 124 valence electrons. The first-order chi connectivity index (χ1) is 11.3. The van der Waals surface area contributed by atoms with Crippen LogP contribution >= 0.6 is 22.9 Å². The first kappa shape index (κ1) is 16.8. The highest BCUT2D eigenvalue weighted by molar-refractivity contribution is 7.92. The average Bonchev–Trinajstić information content (AvgIpc) is 2.85. The fourth-order valence-corrected chi connectivity index (χ4v) is 4.16. The lowest BCUT2D eigenvalue weighted by Crippen LogP contribution is -2.11. The van der Waals surface area contributed by atoms with Crippen molar-refractivity contribution in [2.45, 2.75) is 0 Å². The summed E-state index contributed by atoms with van der Waals surface area (Å²) in [6.45, 7) is 0. The molecule has 0 bridgehead atoms. The summed E-state index contributed by atoms with van der Waals surface area (Å²) in [4.78, 5) is 12.9. The topological polar surface area (TPSA) is 75.3 Å². The molecule has 0 aliphatic heterocycles. The second kappa shape index (κ2) is 6.43. The largest absolute Gasteiger partial charge is 0.321 e. The molecular formula is C16H13ClN2O3S2. The van der Waals surface area contributed by atoms with Gasteiger partial charge >= 0.3 is 0 Å². The van der Waals surface area contributed by atoms with Crippen LogP contribution in [0, 0.1) is 0 Å². The Morgan fingerprint density at radius 1 is 1.04 bits per heavy atom. The summed E-state index contributed by atoms with van der Waals surface area (Å²) in [5, 5.41) is 4.04. The van der Waals surface area contributed by atoms with E-state index in [0.717, 1.165) is 16.3 Å². The molecule has 1 aromatic heterocycles. The van der Waals surface area contributed by atoms with E-state index in [4.69, 9.17) is 11.6 Å². The van der Waals surface area contributed by atoms with Crippen molar-refractivity contribution < 1.29 is 13.2 Å². The van der Waals surface area contributed by atoms with Crippen LogP contribution in [0.15, 0.2) is 48.5 Å². The highest BCUT2D eigenvalue weighted by Crippen LogP contribution is 2.35.